The molecule has 0 unspecified atom stereocenters. The van der Waals surface area contributed by atoms with Crippen molar-refractivity contribution in [1.29, 1.82) is 0 Å². The Morgan fingerprint density at radius 3 is 1.32 bits per heavy atom. The highest BCUT2D eigenvalue weighted by Crippen LogP contribution is 1.69. The number of carbonyl (C=O) groups excluding carboxylic acids is 2. The highest BCUT2D eigenvalue weighted by atomic mass is 32.3. The first kappa shape index (κ1) is 16.9. The summed E-state index contributed by atoms with van der Waals surface area (Å²) in [4.78, 5) is 27.2. The van der Waals surface area contributed by atoms with Crippen LogP contribution in [0.5, 0.6) is 0 Å². The molecule has 104 valence electrons. The Morgan fingerprint density at radius 1 is 0.895 bits per heavy atom. The van der Waals surface area contributed by atoms with Crippen LogP contribution in [0.1, 0.15) is 0 Å². The van der Waals surface area contributed by atoms with E-state index in [1.165, 1.54) is 23.1 Å². The first-order valence-corrected chi connectivity index (χ1v) is 5.95. The van der Waals surface area contributed by atoms with Crippen LogP contribution in [-0.4, -0.2) is 42.0 Å². The molecular weight excluding hydrogens is 280 g/mol. The maximum absolute atomic E-state index is 10.2. The van der Waals surface area contributed by atoms with Gasteiger partial charge in [0, 0.05) is 35.0 Å². The summed E-state index contributed by atoms with van der Waals surface area (Å²) in [6.45, 7) is 0. The van der Waals surface area contributed by atoms with Gasteiger partial charge in [0.05, 0.1) is 0 Å². The summed E-state index contributed by atoms with van der Waals surface area (Å²) < 4.78 is 34.1. The van der Waals surface area contributed by atoms with Crippen LogP contribution in [0.4, 0.5) is 9.59 Å². The van der Waals surface area contributed by atoms with Crippen LogP contribution >= 0.6 is 0 Å². The van der Waals surface area contributed by atoms with E-state index in [0.29, 0.717) is 0 Å². The predicted molar refractivity (Wildman–Crippen MR) is 60.4 cm³/mol. The zero-order valence-corrected chi connectivity index (χ0v) is 10.2. The van der Waals surface area contributed by atoms with Crippen LogP contribution in [0.2, 0.25) is 0 Å². The second-order valence-corrected chi connectivity index (χ2v) is 3.56. The normalized spacial score (nSPS) is 16.3. The van der Waals surface area contributed by atoms with Crippen molar-refractivity contribution in [2.45, 2.75) is 0 Å². The Labute approximate surface area is 108 Å². The lowest BCUT2D eigenvalue weighted by Gasteiger charge is -2.06. The number of hydrogen-bond acceptors (Lipinski definition) is 6. The van der Waals surface area contributed by atoms with Gasteiger partial charge in [0.15, 0.2) is 0 Å². The first-order chi connectivity index (χ1) is 8.79. The van der Waals surface area contributed by atoms with Gasteiger partial charge in [-0.05, 0) is 0 Å². The Kier molecular flexibility index (Phi) is 7.99. The quantitative estimate of drug-likeness (QED) is 0.360. The highest BCUT2D eigenvalue weighted by Gasteiger charge is 1.98. The molecule has 2 heterocycles. The van der Waals surface area contributed by atoms with Gasteiger partial charge in [-0.1, -0.05) is 0 Å². The Morgan fingerprint density at radius 2 is 1.21 bits per heavy atom. The van der Waals surface area contributed by atoms with Gasteiger partial charge in [0.2, 0.25) is 0 Å². The molecular formula is C8H10N4O6S. The fraction of sp³-hybridized carbons (Fsp3) is 0. The van der Waals surface area contributed by atoms with E-state index in [4.69, 9.17) is 17.5 Å². The molecule has 0 saturated carbocycles. The summed E-state index contributed by atoms with van der Waals surface area (Å²) >= 11 is 0. The molecule has 4 N–H and O–H groups in total. The van der Waals surface area contributed by atoms with Gasteiger partial charge >= 0.3 is 12.1 Å². The number of allylic oxidation sites excluding steroid dienone is 2. The molecule has 0 aliphatic carbocycles. The van der Waals surface area contributed by atoms with E-state index in [2.05, 4.69) is 9.98 Å². The van der Waals surface area contributed by atoms with Gasteiger partial charge in [-0.2, -0.15) is 9.98 Å². The van der Waals surface area contributed by atoms with E-state index in [1.807, 2.05) is 0 Å². The number of carbonyl (C=O) groups is 2. The molecule has 2 aliphatic rings. The molecule has 0 spiro atoms. The zero-order chi connectivity index (χ0) is 14.7. The number of urea groups is 2. The van der Waals surface area contributed by atoms with Crippen LogP contribution < -0.4 is 10.6 Å². The van der Waals surface area contributed by atoms with Gasteiger partial charge in [-0.3, -0.25) is 8.42 Å². The van der Waals surface area contributed by atoms with Crippen molar-refractivity contribution in [3.8, 4) is 0 Å². The average Bonchev–Trinajstić information content (AvgIpc) is 2.29. The number of nitrogens with two attached hydrogens (primary N) is 2. The van der Waals surface area contributed by atoms with Crippen LogP contribution in [0.15, 0.2) is 34.5 Å². The topological polar surface area (TPSA) is 172 Å². The molecule has 2 aliphatic heterocycles. The van der Waals surface area contributed by atoms with E-state index in [-0.39, 0.29) is 12.1 Å². The molecule has 19 heavy (non-hydrogen) atoms. The standard InChI is InChI=1S/2C4H4N2O.H2O4S/c2*7-4-5-2-1-3-6-4;1-5(2,3)4/h2*1-3H,(H,5,6,7);(H2,1,2,3,4). The second-order valence-electron chi connectivity index (χ2n) is 2.74. The molecule has 0 fully saturated rings. The molecule has 0 atom stereocenters. The summed E-state index contributed by atoms with van der Waals surface area (Å²) in [5.41, 5.74) is 0. The maximum atomic E-state index is 10.2. The van der Waals surface area contributed by atoms with E-state index >= 15 is 0 Å². The molecule has 0 aromatic rings. The number of rotatable bonds is 0. The van der Waals surface area contributed by atoms with Gasteiger partial charge in [0.25, 0.3) is 0 Å². The van der Waals surface area contributed by atoms with Gasteiger partial charge in [-0.15, -0.1) is 0 Å². The smallest absolute Gasteiger partial charge is 0.443 e. The van der Waals surface area contributed by atoms with Crippen LogP contribution in [-0.2, 0) is 10.4 Å². The highest BCUT2D eigenvalue weighted by molar-refractivity contribution is 7.79. The molecule has 4 amide bonds. The number of aliphatic imine (C=N–C) groups is 2. The second kappa shape index (κ2) is 8.96. The zero-order valence-electron chi connectivity index (χ0n) is 9.37. The maximum Gasteiger partial charge on any atom is 0.443 e. The summed E-state index contributed by atoms with van der Waals surface area (Å²) in [6, 6.07) is -0.356. The van der Waals surface area contributed by atoms with E-state index < -0.39 is 10.4 Å². The molecule has 11 heteroatoms. The van der Waals surface area contributed by atoms with Crippen LogP contribution in [0.3, 0.4) is 0 Å². The van der Waals surface area contributed by atoms with Crippen molar-refractivity contribution in [1.82, 2.24) is 0 Å². The lowest BCUT2D eigenvalue weighted by molar-refractivity contribution is -0.480. The van der Waals surface area contributed by atoms with E-state index in [1.54, 1.807) is 24.6 Å². The number of amides is 4. The Hall–Kier alpha value is -2.05. The SMILES string of the molecule is O=C1N=CC=C[NH2+]1.O=C1N=CC=C[NH2+]1.O=S(=O)([O-])[O-]. The minimum Gasteiger partial charge on any atom is -0.759 e. The molecule has 0 bridgehead atoms. The number of nitrogens with zero attached hydrogens (tertiary/aromatic N) is 2. The largest absolute Gasteiger partial charge is 0.759 e. The Bertz CT molecular complexity index is 491. The molecule has 0 aromatic carbocycles. The summed E-state index contributed by atoms with van der Waals surface area (Å²) in [5, 5.41) is 2.83. The number of quaternary nitrogens is 2. The first-order valence-electron chi connectivity index (χ1n) is 4.62. The minimum absolute atomic E-state index is 0.178. The van der Waals surface area contributed by atoms with Crippen LogP contribution in [0, 0.1) is 0 Å². The molecule has 0 saturated heterocycles. The summed E-state index contributed by atoms with van der Waals surface area (Å²) in [5.74, 6) is 0. The molecule has 0 radical (unpaired) electrons. The number of primary amides is 2. The van der Waals surface area contributed by atoms with Crippen molar-refractivity contribution in [2.24, 2.45) is 9.98 Å². The average molecular weight is 290 g/mol. The van der Waals surface area contributed by atoms with Gasteiger partial charge in [0.1, 0.15) is 12.4 Å². The number of hydrogen-bond donors (Lipinski definition) is 2. The fourth-order valence-corrected chi connectivity index (χ4v) is 0.694. The molecule has 10 nitrogen and oxygen atoms in total. The molecule has 0 aromatic heterocycles. The lowest BCUT2D eigenvalue weighted by atomic mass is 10.6. The van der Waals surface area contributed by atoms with Crippen molar-refractivity contribution < 1.29 is 37.7 Å². The third-order valence-corrected chi connectivity index (χ3v) is 1.28. The van der Waals surface area contributed by atoms with E-state index in [9.17, 15) is 9.59 Å². The van der Waals surface area contributed by atoms with Crippen molar-refractivity contribution in [3.63, 3.8) is 0 Å². The van der Waals surface area contributed by atoms with E-state index in [0.717, 1.165) is 0 Å². The van der Waals surface area contributed by atoms with Crippen molar-refractivity contribution in [3.05, 3.63) is 24.6 Å². The van der Waals surface area contributed by atoms with Gasteiger partial charge in [-0.25, -0.2) is 20.2 Å². The third kappa shape index (κ3) is 15.9. The summed E-state index contributed by atoms with van der Waals surface area (Å²) in [6.07, 6.45) is 9.69. The third-order valence-electron chi connectivity index (χ3n) is 1.28. The monoisotopic (exact) mass is 290 g/mol. The van der Waals surface area contributed by atoms with Crippen molar-refractivity contribution in [2.75, 3.05) is 0 Å². The predicted octanol–water partition coefficient (Wildman–Crippen LogP) is -2.80. The van der Waals surface area contributed by atoms with Crippen LogP contribution in [0.25, 0.3) is 0 Å². The molecule has 2 rings (SSSR count). The van der Waals surface area contributed by atoms with Crippen molar-refractivity contribution >= 4 is 34.9 Å². The van der Waals surface area contributed by atoms with Gasteiger partial charge < -0.3 is 9.11 Å². The minimum atomic E-state index is -5.17. The lowest BCUT2D eigenvalue weighted by Crippen LogP contribution is -2.81. The summed E-state index contributed by atoms with van der Waals surface area (Å²) in [7, 11) is -5.17. The Balaban J connectivity index is 0.000000261. The fourth-order valence-electron chi connectivity index (χ4n) is 0.694.